The van der Waals surface area contributed by atoms with Crippen LogP contribution in [-0.4, -0.2) is 25.0 Å². The van der Waals surface area contributed by atoms with E-state index >= 15 is 0 Å². The van der Waals surface area contributed by atoms with Gasteiger partial charge in [-0.2, -0.15) is 0 Å². The van der Waals surface area contributed by atoms with Crippen molar-refractivity contribution >= 4 is 11.9 Å². The third-order valence-corrected chi connectivity index (χ3v) is 3.50. The molecule has 0 spiro atoms. The number of amides is 1. The number of methoxy groups -OCH3 is 1. The number of carbonyl (C=O) groups is 2. The summed E-state index contributed by atoms with van der Waals surface area (Å²) in [6, 6.07) is 7.69. The molecule has 1 amide bonds. The average Bonchev–Trinajstić information content (AvgIpc) is 2.57. The Balaban J connectivity index is 2.06. The zero-order chi connectivity index (χ0) is 18.4. The summed E-state index contributed by atoms with van der Waals surface area (Å²) in [5, 5.41) is 2.47. The Morgan fingerprint density at radius 3 is 2.44 bits per heavy atom. The van der Waals surface area contributed by atoms with Gasteiger partial charge < -0.3 is 10.1 Å². The third kappa shape index (κ3) is 5.34. The van der Waals surface area contributed by atoms with Crippen LogP contribution in [0, 0.1) is 17.5 Å². The average molecular weight is 351 g/mol. The summed E-state index contributed by atoms with van der Waals surface area (Å²) >= 11 is 0. The van der Waals surface area contributed by atoms with Crippen molar-refractivity contribution in [3.05, 3.63) is 71.0 Å². The maximum Gasteiger partial charge on any atom is 0.328 e. The van der Waals surface area contributed by atoms with Crippen molar-refractivity contribution in [2.24, 2.45) is 0 Å². The van der Waals surface area contributed by atoms with Crippen LogP contribution in [-0.2, 0) is 27.2 Å². The Labute approximate surface area is 142 Å². The number of nitrogens with one attached hydrogen (secondary N) is 1. The van der Waals surface area contributed by atoms with E-state index in [1.807, 2.05) is 0 Å². The van der Waals surface area contributed by atoms with E-state index in [2.05, 4.69) is 10.1 Å². The Hall–Kier alpha value is -2.83. The summed E-state index contributed by atoms with van der Waals surface area (Å²) in [6.07, 6.45) is -0.207. The zero-order valence-electron chi connectivity index (χ0n) is 13.4. The van der Waals surface area contributed by atoms with E-state index in [-0.39, 0.29) is 18.4 Å². The fourth-order valence-corrected chi connectivity index (χ4v) is 2.32. The molecule has 0 saturated carbocycles. The standard InChI is InChI=1S/C18H16F3NO3/c1-25-18(24)16(9-11-3-2-4-13(19)7-11)22-17(23)10-12-5-6-14(20)15(21)8-12/h2-8,16H,9-10H2,1H3,(H,22,23)/t16-/m0/s1. The lowest BCUT2D eigenvalue weighted by atomic mass is 10.0. The molecule has 0 heterocycles. The predicted molar refractivity (Wildman–Crippen MR) is 84.1 cm³/mol. The first-order chi connectivity index (χ1) is 11.9. The fraction of sp³-hybridized carbons (Fsp3) is 0.222. The lowest BCUT2D eigenvalue weighted by Gasteiger charge is -2.17. The van der Waals surface area contributed by atoms with E-state index in [4.69, 9.17) is 0 Å². The van der Waals surface area contributed by atoms with Gasteiger partial charge in [-0.25, -0.2) is 18.0 Å². The molecule has 7 heteroatoms. The number of hydrogen-bond donors (Lipinski definition) is 1. The number of carbonyl (C=O) groups excluding carboxylic acids is 2. The zero-order valence-corrected chi connectivity index (χ0v) is 13.4. The molecule has 0 bridgehead atoms. The first kappa shape index (κ1) is 18.5. The molecule has 0 aliphatic heterocycles. The van der Waals surface area contributed by atoms with Crippen LogP contribution in [0.5, 0.6) is 0 Å². The Bertz CT molecular complexity index is 780. The van der Waals surface area contributed by atoms with Crippen molar-refractivity contribution < 1.29 is 27.5 Å². The highest BCUT2D eigenvalue weighted by Gasteiger charge is 2.22. The van der Waals surface area contributed by atoms with E-state index in [0.717, 1.165) is 12.1 Å². The number of ether oxygens (including phenoxy) is 1. The number of rotatable bonds is 6. The fourth-order valence-electron chi connectivity index (χ4n) is 2.32. The summed E-state index contributed by atoms with van der Waals surface area (Å²) in [7, 11) is 1.17. The number of halogens is 3. The van der Waals surface area contributed by atoms with Gasteiger partial charge in [0.25, 0.3) is 0 Å². The van der Waals surface area contributed by atoms with Gasteiger partial charge in [-0.05, 0) is 35.4 Å². The molecule has 1 N–H and O–H groups in total. The first-order valence-corrected chi connectivity index (χ1v) is 7.44. The van der Waals surface area contributed by atoms with E-state index < -0.39 is 35.4 Å². The van der Waals surface area contributed by atoms with Gasteiger partial charge in [-0.1, -0.05) is 18.2 Å². The Morgan fingerprint density at radius 2 is 1.80 bits per heavy atom. The molecule has 0 aliphatic rings. The molecule has 0 saturated heterocycles. The Kier molecular flexibility index (Phi) is 6.16. The van der Waals surface area contributed by atoms with Crippen molar-refractivity contribution in [1.29, 1.82) is 0 Å². The minimum atomic E-state index is -1.06. The smallest absolute Gasteiger partial charge is 0.328 e. The van der Waals surface area contributed by atoms with Crippen LogP contribution in [0.15, 0.2) is 42.5 Å². The molecule has 2 rings (SSSR count). The van der Waals surface area contributed by atoms with Gasteiger partial charge in [0.1, 0.15) is 11.9 Å². The van der Waals surface area contributed by atoms with Gasteiger partial charge in [0.2, 0.25) is 5.91 Å². The molecule has 25 heavy (non-hydrogen) atoms. The predicted octanol–water partition coefficient (Wildman–Crippen LogP) is 2.55. The molecule has 0 fully saturated rings. The quantitative estimate of drug-likeness (QED) is 0.814. The van der Waals surface area contributed by atoms with Gasteiger partial charge >= 0.3 is 5.97 Å². The summed E-state index contributed by atoms with van der Waals surface area (Å²) in [6.45, 7) is 0. The SMILES string of the molecule is COC(=O)[C@H](Cc1cccc(F)c1)NC(=O)Cc1ccc(F)c(F)c1. The molecule has 1 atom stereocenters. The van der Waals surface area contributed by atoms with Crippen molar-refractivity contribution in [3.8, 4) is 0 Å². The Morgan fingerprint density at radius 1 is 1.04 bits per heavy atom. The van der Waals surface area contributed by atoms with Crippen LogP contribution in [0.25, 0.3) is 0 Å². The van der Waals surface area contributed by atoms with Gasteiger partial charge in [-0.3, -0.25) is 4.79 Å². The molecule has 0 aliphatic carbocycles. The van der Waals surface area contributed by atoms with E-state index in [9.17, 15) is 22.8 Å². The van der Waals surface area contributed by atoms with Crippen molar-refractivity contribution in [3.63, 3.8) is 0 Å². The molecule has 2 aromatic rings. The third-order valence-electron chi connectivity index (χ3n) is 3.50. The number of hydrogen-bond acceptors (Lipinski definition) is 3. The number of esters is 1. The topological polar surface area (TPSA) is 55.4 Å². The molecular weight excluding hydrogens is 335 g/mol. The van der Waals surface area contributed by atoms with Crippen LogP contribution in [0.2, 0.25) is 0 Å². The van der Waals surface area contributed by atoms with Gasteiger partial charge in [-0.15, -0.1) is 0 Å². The normalized spacial score (nSPS) is 11.7. The summed E-state index contributed by atoms with van der Waals surface area (Å²) in [4.78, 5) is 23.9. The first-order valence-electron chi connectivity index (χ1n) is 7.44. The van der Waals surface area contributed by atoms with Gasteiger partial charge in [0.15, 0.2) is 11.6 Å². The molecule has 0 radical (unpaired) electrons. The van der Waals surface area contributed by atoms with Crippen LogP contribution >= 0.6 is 0 Å². The van der Waals surface area contributed by atoms with E-state index in [0.29, 0.717) is 5.56 Å². The van der Waals surface area contributed by atoms with Crippen molar-refractivity contribution in [2.45, 2.75) is 18.9 Å². The van der Waals surface area contributed by atoms with Crippen LogP contribution < -0.4 is 5.32 Å². The lowest BCUT2D eigenvalue weighted by Crippen LogP contribution is -2.43. The monoisotopic (exact) mass is 351 g/mol. The maximum absolute atomic E-state index is 13.3. The van der Waals surface area contributed by atoms with Crippen LogP contribution in [0.1, 0.15) is 11.1 Å². The second-order valence-electron chi connectivity index (χ2n) is 5.40. The highest BCUT2D eigenvalue weighted by atomic mass is 19.2. The van der Waals surface area contributed by atoms with E-state index in [1.54, 1.807) is 6.07 Å². The minimum absolute atomic E-state index is 0.0357. The molecule has 0 aromatic heterocycles. The molecule has 4 nitrogen and oxygen atoms in total. The van der Waals surface area contributed by atoms with Crippen molar-refractivity contribution in [1.82, 2.24) is 5.32 Å². The molecule has 0 unspecified atom stereocenters. The second-order valence-corrected chi connectivity index (χ2v) is 5.40. The summed E-state index contributed by atoms with van der Waals surface area (Å²) < 4.78 is 44.0. The summed E-state index contributed by atoms with van der Waals surface area (Å²) in [5.74, 6) is -3.80. The van der Waals surface area contributed by atoms with Gasteiger partial charge in [0, 0.05) is 6.42 Å². The van der Waals surface area contributed by atoms with Crippen LogP contribution in [0.3, 0.4) is 0 Å². The maximum atomic E-state index is 13.3. The van der Waals surface area contributed by atoms with Crippen LogP contribution in [0.4, 0.5) is 13.2 Å². The highest BCUT2D eigenvalue weighted by Crippen LogP contribution is 2.11. The van der Waals surface area contributed by atoms with Crippen molar-refractivity contribution in [2.75, 3.05) is 7.11 Å². The highest BCUT2D eigenvalue weighted by molar-refractivity contribution is 5.85. The second kappa shape index (κ2) is 8.32. The molecule has 2 aromatic carbocycles. The largest absolute Gasteiger partial charge is 0.467 e. The molecule has 132 valence electrons. The van der Waals surface area contributed by atoms with E-state index in [1.165, 1.54) is 31.4 Å². The van der Waals surface area contributed by atoms with Gasteiger partial charge in [0.05, 0.1) is 13.5 Å². The molecular formula is C18H16F3NO3. The number of benzene rings is 2. The minimum Gasteiger partial charge on any atom is -0.467 e. The lowest BCUT2D eigenvalue weighted by molar-refractivity contribution is -0.145. The summed E-state index contributed by atoms with van der Waals surface area (Å²) in [5.41, 5.74) is 0.759.